The van der Waals surface area contributed by atoms with Crippen molar-refractivity contribution in [1.29, 1.82) is 0 Å². The second-order valence-electron chi connectivity index (χ2n) is 2.51. The van der Waals surface area contributed by atoms with Gasteiger partial charge in [-0.05, 0) is 34.7 Å². The molecule has 0 radical (unpaired) electrons. The summed E-state index contributed by atoms with van der Waals surface area (Å²) in [5.41, 5.74) is -0.223. The fraction of sp³-hybridized carbons (Fsp3) is 0. The molecule has 15 heavy (non-hydrogen) atoms. The monoisotopic (exact) mass is 380 g/mol. The van der Waals surface area contributed by atoms with Crippen molar-refractivity contribution < 1.29 is 18.3 Å². The van der Waals surface area contributed by atoms with Gasteiger partial charge in [-0.15, -0.1) is 0 Å². The van der Waals surface area contributed by atoms with Gasteiger partial charge in [-0.1, -0.05) is 11.6 Å². The van der Waals surface area contributed by atoms with Crippen LogP contribution in [0.1, 0.15) is 10.4 Å². The molecule has 0 atom stereocenters. The summed E-state index contributed by atoms with van der Waals surface area (Å²) in [4.78, 5) is 10.3. The molecular weight excluding hydrogens is 378 g/mol. The number of halogens is 3. The number of hydrogen-bond donors (Lipinski definition) is 1. The average molecular weight is 381 g/mol. The van der Waals surface area contributed by atoms with Gasteiger partial charge in [0.05, 0.1) is 19.1 Å². The van der Waals surface area contributed by atoms with Crippen LogP contribution in [0.4, 0.5) is 0 Å². The SMILES string of the molecule is O=C(O)c1cc(Cl)c(I)c(S(=O)(=O)Cl)c1. The van der Waals surface area contributed by atoms with Crippen molar-refractivity contribution in [2.75, 3.05) is 0 Å². The predicted molar refractivity (Wildman–Crippen MR) is 64.2 cm³/mol. The van der Waals surface area contributed by atoms with E-state index >= 15 is 0 Å². The lowest BCUT2D eigenvalue weighted by molar-refractivity contribution is 0.0696. The predicted octanol–water partition coefficient (Wildman–Crippen LogP) is 2.57. The number of carbonyl (C=O) groups is 1. The van der Waals surface area contributed by atoms with Gasteiger partial charge in [-0.3, -0.25) is 0 Å². The lowest BCUT2D eigenvalue weighted by Crippen LogP contribution is -2.02. The molecule has 0 bridgehead atoms. The van der Waals surface area contributed by atoms with E-state index in [1.54, 1.807) is 22.6 Å². The first-order valence-electron chi connectivity index (χ1n) is 3.40. The Kier molecular flexibility index (Phi) is 3.85. The molecule has 8 heteroatoms. The summed E-state index contributed by atoms with van der Waals surface area (Å²) in [7, 11) is 1.13. The van der Waals surface area contributed by atoms with Crippen LogP contribution >= 0.6 is 44.9 Å². The van der Waals surface area contributed by atoms with E-state index in [4.69, 9.17) is 27.4 Å². The minimum atomic E-state index is -4.00. The molecule has 0 amide bonds. The Balaban J connectivity index is 3.59. The average Bonchev–Trinajstić information content (AvgIpc) is 2.06. The van der Waals surface area contributed by atoms with Crippen LogP contribution in [0.25, 0.3) is 0 Å². The molecule has 1 rings (SSSR count). The molecule has 0 unspecified atom stereocenters. The van der Waals surface area contributed by atoms with E-state index in [1.165, 1.54) is 0 Å². The number of benzene rings is 1. The summed E-state index contributed by atoms with van der Waals surface area (Å²) < 4.78 is 22.4. The highest BCUT2D eigenvalue weighted by Gasteiger charge is 2.19. The van der Waals surface area contributed by atoms with Crippen molar-refractivity contribution in [2.24, 2.45) is 0 Å². The Bertz CT molecular complexity index is 526. The van der Waals surface area contributed by atoms with Gasteiger partial charge in [0.1, 0.15) is 0 Å². The largest absolute Gasteiger partial charge is 0.478 e. The van der Waals surface area contributed by atoms with Crippen molar-refractivity contribution in [1.82, 2.24) is 0 Å². The molecule has 82 valence electrons. The van der Waals surface area contributed by atoms with Crippen LogP contribution in [0, 0.1) is 3.57 Å². The quantitative estimate of drug-likeness (QED) is 0.632. The van der Waals surface area contributed by atoms with Crippen LogP contribution in [0.2, 0.25) is 5.02 Å². The van der Waals surface area contributed by atoms with Crippen LogP contribution < -0.4 is 0 Å². The van der Waals surface area contributed by atoms with Gasteiger partial charge in [-0.2, -0.15) is 0 Å². The van der Waals surface area contributed by atoms with E-state index in [0.29, 0.717) is 0 Å². The summed E-state index contributed by atoms with van der Waals surface area (Å²) in [6.07, 6.45) is 0. The standard InChI is InChI=1S/C7H3Cl2IO4S/c8-4-1-3(7(11)12)2-5(6(4)10)15(9,13)14/h1-2H,(H,11,12). The Morgan fingerprint density at radius 2 is 1.93 bits per heavy atom. The normalized spacial score (nSPS) is 11.4. The van der Waals surface area contributed by atoms with Gasteiger partial charge in [0.15, 0.2) is 0 Å². The summed E-state index contributed by atoms with van der Waals surface area (Å²) in [6.45, 7) is 0. The third kappa shape index (κ3) is 2.96. The number of carboxylic acid groups (broad SMARTS) is 1. The van der Waals surface area contributed by atoms with E-state index in [2.05, 4.69) is 0 Å². The Labute approximate surface area is 109 Å². The molecule has 0 spiro atoms. The fourth-order valence-corrected chi connectivity index (χ4v) is 3.67. The van der Waals surface area contributed by atoms with Crippen LogP contribution in [0.5, 0.6) is 0 Å². The topological polar surface area (TPSA) is 71.4 Å². The summed E-state index contributed by atoms with van der Waals surface area (Å²) in [6, 6.07) is 2.13. The first kappa shape index (κ1) is 13.0. The van der Waals surface area contributed by atoms with Crippen LogP contribution in [-0.2, 0) is 9.05 Å². The maximum Gasteiger partial charge on any atom is 0.335 e. The molecule has 0 aliphatic rings. The van der Waals surface area contributed by atoms with E-state index in [9.17, 15) is 13.2 Å². The second kappa shape index (κ2) is 4.44. The van der Waals surface area contributed by atoms with Gasteiger partial charge >= 0.3 is 5.97 Å². The van der Waals surface area contributed by atoms with Crippen molar-refractivity contribution in [3.8, 4) is 0 Å². The lowest BCUT2D eigenvalue weighted by atomic mass is 10.2. The third-order valence-electron chi connectivity index (χ3n) is 1.50. The second-order valence-corrected chi connectivity index (χ2v) is 6.53. The summed E-state index contributed by atoms with van der Waals surface area (Å²) in [5, 5.41) is 8.73. The van der Waals surface area contributed by atoms with Crippen molar-refractivity contribution >= 4 is 59.9 Å². The highest BCUT2D eigenvalue weighted by atomic mass is 127. The van der Waals surface area contributed by atoms with Gasteiger partial charge in [0, 0.05) is 10.7 Å². The molecule has 0 fully saturated rings. The molecule has 1 N–H and O–H groups in total. The molecule has 4 nitrogen and oxygen atoms in total. The number of aromatic carboxylic acids is 1. The first-order chi connectivity index (χ1) is 6.73. The minimum absolute atomic E-state index is 0.0368. The number of hydrogen-bond acceptors (Lipinski definition) is 3. The Morgan fingerprint density at radius 1 is 1.40 bits per heavy atom. The molecule has 1 aromatic carbocycles. The zero-order chi connectivity index (χ0) is 11.8. The maximum atomic E-state index is 11.1. The molecule has 0 aliphatic heterocycles. The molecule has 0 saturated carbocycles. The zero-order valence-electron chi connectivity index (χ0n) is 6.87. The van der Waals surface area contributed by atoms with Crippen molar-refractivity contribution in [3.05, 3.63) is 26.3 Å². The fourth-order valence-electron chi connectivity index (χ4n) is 0.865. The number of rotatable bonds is 2. The molecular formula is C7H3Cl2IO4S. The van der Waals surface area contributed by atoms with E-state index in [1.807, 2.05) is 0 Å². The minimum Gasteiger partial charge on any atom is -0.478 e. The molecule has 1 aromatic rings. The number of carboxylic acids is 1. The Hall–Kier alpha value is -0.0500. The van der Waals surface area contributed by atoms with Crippen LogP contribution in [0.3, 0.4) is 0 Å². The van der Waals surface area contributed by atoms with E-state index in [0.717, 1.165) is 12.1 Å². The summed E-state index contributed by atoms with van der Waals surface area (Å²) >= 11 is 7.36. The molecule has 0 heterocycles. The smallest absolute Gasteiger partial charge is 0.335 e. The van der Waals surface area contributed by atoms with Gasteiger partial charge in [0.2, 0.25) is 0 Å². The van der Waals surface area contributed by atoms with Gasteiger partial charge < -0.3 is 5.11 Å². The zero-order valence-corrected chi connectivity index (χ0v) is 11.4. The molecule has 0 aromatic heterocycles. The van der Waals surface area contributed by atoms with Gasteiger partial charge in [0.25, 0.3) is 9.05 Å². The van der Waals surface area contributed by atoms with Crippen molar-refractivity contribution in [2.45, 2.75) is 4.90 Å². The molecule has 0 aliphatic carbocycles. The highest BCUT2D eigenvalue weighted by Crippen LogP contribution is 2.29. The maximum absolute atomic E-state index is 11.1. The van der Waals surface area contributed by atoms with E-state index < -0.39 is 15.0 Å². The lowest BCUT2D eigenvalue weighted by Gasteiger charge is -2.04. The van der Waals surface area contributed by atoms with Crippen LogP contribution in [0.15, 0.2) is 17.0 Å². The molecule has 0 saturated heterocycles. The first-order valence-corrected chi connectivity index (χ1v) is 7.17. The summed E-state index contributed by atoms with van der Waals surface area (Å²) in [5.74, 6) is -1.27. The highest BCUT2D eigenvalue weighted by molar-refractivity contribution is 14.1. The van der Waals surface area contributed by atoms with E-state index in [-0.39, 0.29) is 19.1 Å². The van der Waals surface area contributed by atoms with Crippen molar-refractivity contribution in [3.63, 3.8) is 0 Å². The third-order valence-corrected chi connectivity index (χ3v) is 5.00. The Morgan fingerprint density at radius 3 is 2.33 bits per heavy atom. The van der Waals surface area contributed by atoms with Gasteiger partial charge in [-0.25, -0.2) is 13.2 Å². The van der Waals surface area contributed by atoms with Crippen LogP contribution in [-0.4, -0.2) is 19.5 Å².